The van der Waals surface area contributed by atoms with E-state index in [1.54, 1.807) is 28.8 Å². The molecule has 1 amide bonds. The number of hydrogen-bond donors (Lipinski definition) is 1. The Bertz CT molecular complexity index is 851. The van der Waals surface area contributed by atoms with E-state index in [0.717, 1.165) is 12.1 Å². The smallest absolute Gasteiger partial charge is 0.366 e. The van der Waals surface area contributed by atoms with Crippen LogP contribution in [0.15, 0.2) is 48.8 Å². The third-order valence-corrected chi connectivity index (χ3v) is 3.30. The number of amides is 1. The van der Waals surface area contributed by atoms with Crippen molar-refractivity contribution in [2.24, 2.45) is 5.73 Å². The normalized spacial score (nSPS) is 11.8. The van der Waals surface area contributed by atoms with Crippen LogP contribution in [0.3, 0.4) is 0 Å². The first kappa shape index (κ1) is 14.1. The van der Waals surface area contributed by atoms with E-state index in [1.165, 1.54) is 12.4 Å². The Morgan fingerprint density at radius 1 is 1.09 bits per heavy atom. The highest BCUT2D eigenvalue weighted by Crippen LogP contribution is 2.31. The highest BCUT2D eigenvalue weighted by Gasteiger charge is 2.30. The first-order valence-electron chi connectivity index (χ1n) is 6.31. The summed E-state index contributed by atoms with van der Waals surface area (Å²) >= 11 is 0. The zero-order chi connectivity index (χ0) is 15.9. The summed E-state index contributed by atoms with van der Waals surface area (Å²) in [7, 11) is 0. The summed E-state index contributed by atoms with van der Waals surface area (Å²) in [5.41, 5.74) is 6.24. The summed E-state index contributed by atoms with van der Waals surface area (Å²) in [5, 5.41) is 0. The van der Waals surface area contributed by atoms with Gasteiger partial charge < -0.3 is 5.73 Å². The van der Waals surface area contributed by atoms with Crippen LogP contribution in [-0.2, 0) is 6.18 Å². The van der Waals surface area contributed by atoms with E-state index in [-0.39, 0.29) is 5.52 Å². The molecule has 3 rings (SSSR count). The second-order valence-corrected chi connectivity index (χ2v) is 4.73. The number of primary amides is 1. The summed E-state index contributed by atoms with van der Waals surface area (Å²) in [6, 6.07) is 9.79. The SMILES string of the molecule is NC(=O)c1ccc(-n2cnc3cc(C(F)(F)F)ccc32)cc1. The van der Waals surface area contributed by atoms with Gasteiger partial charge in [-0.3, -0.25) is 9.36 Å². The first-order valence-corrected chi connectivity index (χ1v) is 6.31. The molecule has 1 aromatic heterocycles. The Kier molecular flexibility index (Phi) is 3.13. The van der Waals surface area contributed by atoms with Gasteiger partial charge in [-0.05, 0) is 42.5 Å². The van der Waals surface area contributed by atoms with Gasteiger partial charge >= 0.3 is 6.18 Å². The fraction of sp³-hybridized carbons (Fsp3) is 0.0667. The van der Waals surface area contributed by atoms with Crippen molar-refractivity contribution in [1.29, 1.82) is 0 Å². The van der Waals surface area contributed by atoms with E-state index in [0.29, 0.717) is 16.8 Å². The van der Waals surface area contributed by atoms with Crippen molar-refractivity contribution < 1.29 is 18.0 Å². The van der Waals surface area contributed by atoms with E-state index in [9.17, 15) is 18.0 Å². The lowest BCUT2D eigenvalue weighted by Gasteiger charge is -2.07. The van der Waals surface area contributed by atoms with Gasteiger partial charge in [0.2, 0.25) is 5.91 Å². The predicted molar refractivity (Wildman–Crippen MR) is 74.6 cm³/mol. The van der Waals surface area contributed by atoms with Crippen LogP contribution in [-0.4, -0.2) is 15.5 Å². The van der Waals surface area contributed by atoms with Crippen LogP contribution < -0.4 is 5.73 Å². The molecular weight excluding hydrogens is 295 g/mol. The maximum atomic E-state index is 12.7. The molecule has 0 aliphatic carbocycles. The van der Waals surface area contributed by atoms with Gasteiger partial charge in [0.1, 0.15) is 6.33 Å². The molecule has 2 aromatic carbocycles. The molecule has 1 heterocycles. The fourth-order valence-corrected chi connectivity index (χ4v) is 2.18. The van der Waals surface area contributed by atoms with Crippen molar-refractivity contribution in [2.75, 3.05) is 0 Å². The van der Waals surface area contributed by atoms with Crippen LogP contribution in [0.2, 0.25) is 0 Å². The maximum Gasteiger partial charge on any atom is 0.416 e. The summed E-state index contributed by atoms with van der Waals surface area (Å²) in [5.74, 6) is -0.545. The molecule has 3 aromatic rings. The number of carbonyl (C=O) groups is 1. The lowest BCUT2D eigenvalue weighted by Crippen LogP contribution is -2.10. The van der Waals surface area contributed by atoms with Crippen LogP contribution >= 0.6 is 0 Å². The zero-order valence-corrected chi connectivity index (χ0v) is 11.1. The van der Waals surface area contributed by atoms with Gasteiger partial charge in [-0.2, -0.15) is 13.2 Å². The van der Waals surface area contributed by atoms with Gasteiger partial charge in [0.25, 0.3) is 0 Å². The van der Waals surface area contributed by atoms with Crippen LogP contribution in [0.4, 0.5) is 13.2 Å². The maximum absolute atomic E-state index is 12.7. The molecule has 0 saturated heterocycles. The molecular formula is C15H10F3N3O. The first-order chi connectivity index (χ1) is 10.4. The number of benzene rings is 2. The summed E-state index contributed by atoms with van der Waals surface area (Å²) in [4.78, 5) is 15.0. The van der Waals surface area contributed by atoms with Crippen molar-refractivity contribution in [3.8, 4) is 5.69 Å². The van der Waals surface area contributed by atoms with E-state index in [2.05, 4.69) is 4.98 Å². The zero-order valence-electron chi connectivity index (χ0n) is 11.1. The van der Waals surface area contributed by atoms with Crippen LogP contribution in [0.1, 0.15) is 15.9 Å². The molecule has 2 N–H and O–H groups in total. The topological polar surface area (TPSA) is 60.9 Å². The van der Waals surface area contributed by atoms with Gasteiger partial charge in [0.15, 0.2) is 0 Å². The number of alkyl halides is 3. The molecule has 0 aliphatic heterocycles. The number of imidazole rings is 1. The Balaban J connectivity index is 2.06. The van der Waals surface area contributed by atoms with Crippen molar-refractivity contribution in [3.63, 3.8) is 0 Å². The van der Waals surface area contributed by atoms with Gasteiger partial charge in [-0.15, -0.1) is 0 Å². The lowest BCUT2D eigenvalue weighted by atomic mass is 10.1. The average molecular weight is 305 g/mol. The number of rotatable bonds is 2. The number of aromatic nitrogens is 2. The second kappa shape index (κ2) is 4.87. The number of halogens is 3. The van der Waals surface area contributed by atoms with E-state index < -0.39 is 17.6 Å². The van der Waals surface area contributed by atoms with Crippen LogP contribution in [0.5, 0.6) is 0 Å². The van der Waals surface area contributed by atoms with Gasteiger partial charge in [0.05, 0.1) is 16.6 Å². The molecule has 22 heavy (non-hydrogen) atoms. The van der Waals surface area contributed by atoms with Crippen molar-refractivity contribution in [2.45, 2.75) is 6.18 Å². The number of hydrogen-bond acceptors (Lipinski definition) is 2. The summed E-state index contributed by atoms with van der Waals surface area (Å²) in [6.45, 7) is 0. The molecule has 0 spiro atoms. The molecule has 0 saturated carbocycles. The summed E-state index contributed by atoms with van der Waals surface area (Å²) in [6.07, 6.45) is -2.97. The lowest BCUT2D eigenvalue weighted by molar-refractivity contribution is -0.137. The van der Waals surface area contributed by atoms with E-state index in [4.69, 9.17) is 5.73 Å². The largest absolute Gasteiger partial charge is 0.416 e. The number of nitrogens with zero attached hydrogens (tertiary/aromatic N) is 2. The van der Waals surface area contributed by atoms with E-state index in [1.807, 2.05) is 0 Å². The number of nitrogens with two attached hydrogens (primary N) is 1. The molecule has 4 nitrogen and oxygen atoms in total. The van der Waals surface area contributed by atoms with Crippen LogP contribution in [0.25, 0.3) is 16.7 Å². The minimum atomic E-state index is -4.40. The Morgan fingerprint density at radius 2 is 1.77 bits per heavy atom. The Hall–Kier alpha value is -2.83. The third kappa shape index (κ3) is 2.41. The van der Waals surface area contributed by atoms with Gasteiger partial charge in [-0.1, -0.05) is 0 Å². The third-order valence-electron chi connectivity index (χ3n) is 3.30. The van der Waals surface area contributed by atoms with E-state index >= 15 is 0 Å². The molecule has 0 fully saturated rings. The van der Waals surface area contributed by atoms with Crippen LogP contribution in [0, 0.1) is 0 Å². The predicted octanol–water partition coefficient (Wildman–Crippen LogP) is 3.14. The second-order valence-electron chi connectivity index (χ2n) is 4.73. The van der Waals surface area contributed by atoms with Crippen molar-refractivity contribution >= 4 is 16.9 Å². The number of carbonyl (C=O) groups excluding carboxylic acids is 1. The quantitative estimate of drug-likeness (QED) is 0.790. The highest BCUT2D eigenvalue weighted by molar-refractivity contribution is 5.93. The fourth-order valence-electron chi connectivity index (χ4n) is 2.18. The van der Waals surface area contributed by atoms with Crippen molar-refractivity contribution in [3.05, 3.63) is 59.9 Å². The monoisotopic (exact) mass is 305 g/mol. The molecule has 0 radical (unpaired) electrons. The molecule has 0 atom stereocenters. The Morgan fingerprint density at radius 3 is 2.36 bits per heavy atom. The molecule has 112 valence electrons. The minimum Gasteiger partial charge on any atom is -0.366 e. The molecule has 0 aliphatic rings. The van der Waals surface area contributed by atoms with Gasteiger partial charge in [0, 0.05) is 11.3 Å². The number of fused-ring (bicyclic) bond motifs is 1. The van der Waals surface area contributed by atoms with Gasteiger partial charge in [-0.25, -0.2) is 4.98 Å². The summed E-state index contributed by atoms with van der Waals surface area (Å²) < 4.78 is 39.7. The molecule has 7 heteroatoms. The molecule has 0 unspecified atom stereocenters. The Labute approximate surface area is 123 Å². The minimum absolute atomic E-state index is 0.244. The standard InChI is InChI=1S/C15H10F3N3O/c16-15(17,18)10-3-6-13-12(7-10)20-8-21(13)11-4-1-9(2-5-11)14(19)22/h1-8H,(H2,19,22). The van der Waals surface area contributed by atoms with Crippen molar-refractivity contribution in [1.82, 2.24) is 9.55 Å². The highest BCUT2D eigenvalue weighted by atomic mass is 19.4. The molecule has 0 bridgehead atoms. The average Bonchev–Trinajstić information content (AvgIpc) is 2.89.